The van der Waals surface area contributed by atoms with Crippen LogP contribution in [0.4, 0.5) is 4.39 Å². The predicted molar refractivity (Wildman–Crippen MR) is 109 cm³/mol. The molecule has 1 aromatic heterocycles. The standard InChI is InChI=1S/C23H23FN2O3/c1-15-12-26(13-16(2)29-15)23(27)14-28-22-6-5-17-3-4-18(7-19(17)9-22)20-8-21(24)11-25-10-20/h3-11,15-16H,12-14H2,1-2H3/t15-,16+. The van der Waals surface area contributed by atoms with Gasteiger partial charge in [0.05, 0.1) is 18.4 Å². The first-order valence-electron chi connectivity index (χ1n) is 9.69. The second-order valence-corrected chi connectivity index (χ2v) is 7.46. The molecular weight excluding hydrogens is 371 g/mol. The van der Waals surface area contributed by atoms with Crippen LogP contribution in [0, 0.1) is 5.82 Å². The minimum absolute atomic E-state index is 0.0154. The molecule has 29 heavy (non-hydrogen) atoms. The molecule has 0 spiro atoms. The van der Waals surface area contributed by atoms with E-state index in [9.17, 15) is 9.18 Å². The van der Waals surface area contributed by atoms with E-state index >= 15 is 0 Å². The summed E-state index contributed by atoms with van der Waals surface area (Å²) in [7, 11) is 0. The Morgan fingerprint density at radius 2 is 1.83 bits per heavy atom. The van der Waals surface area contributed by atoms with E-state index in [0.717, 1.165) is 16.3 Å². The molecule has 0 unspecified atom stereocenters. The Balaban J connectivity index is 1.49. The zero-order chi connectivity index (χ0) is 20.4. The molecule has 5 nitrogen and oxygen atoms in total. The first-order valence-corrected chi connectivity index (χ1v) is 9.69. The molecule has 0 saturated carbocycles. The molecule has 1 amide bonds. The van der Waals surface area contributed by atoms with Gasteiger partial charge in [-0.3, -0.25) is 9.78 Å². The van der Waals surface area contributed by atoms with Gasteiger partial charge in [-0.2, -0.15) is 0 Å². The molecule has 1 saturated heterocycles. The SMILES string of the molecule is C[C@@H]1CN(C(=O)COc2ccc3ccc(-c4cncc(F)c4)cc3c2)C[C@H](C)O1. The first-order chi connectivity index (χ1) is 14.0. The van der Waals surface area contributed by atoms with E-state index < -0.39 is 0 Å². The maximum absolute atomic E-state index is 13.5. The topological polar surface area (TPSA) is 51.7 Å². The highest BCUT2D eigenvalue weighted by Crippen LogP contribution is 2.27. The van der Waals surface area contributed by atoms with Crippen LogP contribution in [-0.2, 0) is 9.53 Å². The number of aromatic nitrogens is 1. The van der Waals surface area contributed by atoms with Crippen LogP contribution in [0.15, 0.2) is 54.9 Å². The van der Waals surface area contributed by atoms with Gasteiger partial charge in [0.1, 0.15) is 11.6 Å². The van der Waals surface area contributed by atoms with Crippen molar-refractivity contribution in [2.24, 2.45) is 0 Å². The van der Waals surface area contributed by atoms with Gasteiger partial charge in [0.25, 0.3) is 5.91 Å². The fourth-order valence-corrected chi connectivity index (χ4v) is 3.68. The number of ether oxygens (including phenoxy) is 2. The molecular formula is C23H23FN2O3. The fraction of sp³-hybridized carbons (Fsp3) is 0.304. The number of carbonyl (C=O) groups excluding carboxylic acids is 1. The zero-order valence-corrected chi connectivity index (χ0v) is 16.5. The van der Waals surface area contributed by atoms with Crippen LogP contribution >= 0.6 is 0 Å². The summed E-state index contributed by atoms with van der Waals surface area (Å²) in [5.41, 5.74) is 1.58. The smallest absolute Gasteiger partial charge is 0.260 e. The Bertz CT molecular complexity index is 1030. The Hall–Kier alpha value is -2.99. The van der Waals surface area contributed by atoms with Crippen molar-refractivity contribution in [1.29, 1.82) is 0 Å². The van der Waals surface area contributed by atoms with Crippen LogP contribution in [-0.4, -0.2) is 47.7 Å². The fourth-order valence-electron chi connectivity index (χ4n) is 3.68. The monoisotopic (exact) mass is 394 g/mol. The summed E-state index contributed by atoms with van der Waals surface area (Å²) in [5.74, 6) is 0.200. The molecule has 4 rings (SSSR count). The average molecular weight is 394 g/mol. The van der Waals surface area contributed by atoms with Crippen LogP contribution in [0.1, 0.15) is 13.8 Å². The highest BCUT2D eigenvalue weighted by Gasteiger charge is 2.25. The summed E-state index contributed by atoms with van der Waals surface area (Å²) in [4.78, 5) is 18.2. The average Bonchev–Trinajstić information content (AvgIpc) is 2.70. The van der Waals surface area contributed by atoms with Crippen LogP contribution in [0.2, 0.25) is 0 Å². The number of halogens is 1. The largest absolute Gasteiger partial charge is 0.484 e. The van der Waals surface area contributed by atoms with Crippen molar-refractivity contribution >= 4 is 16.7 Å². The number of hydrogen-bond acceptors (Lipinski definition) is 4. The Kier molecular flexibility index (Phi) is 5.45. The molecule has 2 aromatic carbocycles. The van der Waals surface area contributed by atoms with Crippen LogP contribution in [0.5, 0.6) is 5.75 Å². The number of amides is 1. The molecule has 0 radical (unpaired) electrons. The van der Waals surface area contributed by atoms with Gasteiger partial charge < -0.3 is 14.4 Å². The van der Waals surface area contributed by atoms with Crippen LogP contribution in [0.3, 0.4) is 0 Å². The van der Waals surface area contributed by atoms with Crippen molar-refractivity contribution in [2.75, 3.05) is 19.7 Å². The predicted octanol–water partition coefficient (Wildman–Crippen LogP) is 4.06. The first kappa shape index (κ1) is 19.3. The Morgan fingerprint density at radius 1 is 1.07 bits per heavy atom. The minimum atomic E-state index is -0.370. The van der Waals surface area contributed by atoms with Gasteiger partial charge in [0, 0.05) is 24.8 Å². The number of pyridine rings is 1. The number of morpholine rings is 1. The van der Waals surface area contributed by atoms with E-state index in [0.29, 0.717) is 24.4 Å². The second kappa shape index (κ2) is 8.17. The third-order valence-corrected chi connectivity index (χ3v) is 4.98. The lowest BCUT2D eigenvalue weighted by atomic mass is 10.0. The molecule has 1 aliphatic heterocycles. The molecule has 1 aliphatic rings. The minimum Gasteiger partial charge on any atom is -0.484 e. The van der Waals surface area contributed by atoms with Crippen molar-refractivity contribution in [3.05, 3.63) is 60.7 Å². The van der Waals surface area contributed by atoms with Gasteiger partial charge in [-0.15, -0.1) is 0 Å². The molecule has 3 aromatic rings. The number of hydrogen-bond donors (Lipinski definition) is 0. The summed E-state index contributed by atoms with van der Waals surface area (Å²) < 4.78 is 24.9. The normalized spacial score (nSPS) is 19.3. The number of rotatable bonds is 4. The number of carbonyl (C=O) groups is 1. The maximum Gasteiger partial charge on any atom is 0.260 e. The highest BCUT2D eigenvalue weighted by molar-refractivity contribution is 5.88. The third kappa shape index (κ3) is 4.54. The summed E-state index contributed by atoms with van der Waals surface area (Å²) in [5, 5.41) is 1.98. The van der Waals surface area contributed by atoms with E-state index in [1.165, 1.54) is 12.3 Å². The number of nitrogens with zero attached hydrogens (tertiary/aromatic N) is 2. The zero-order valence-electron chi connectivity index (χ0n) is 16.5. The summed E-state index contributed by atoms with van der Waals surface area (Å²) in [6.45, 7) is 5.07. The molecule has 6 heteroatoms. The molecule has 0 bridgehead atoms. The highest BCUT2D eigenvalue weighted by atomic mass is 19.1. The Morgan fingerprint density at radius 3 is 2.59 bits per heavy atom. The van der Waals surface area contributed by atoms with Gasteiger partial charge in [-0.25, -0.2) is 4.39 Å². The van der Waals surface area contributed by atoms with Gasteiger partial charge in [-0.05, 0) is 54.4 Å². The second-order valence-electron chi connectivity index (χ2n) is 7.46. The van der Waals surface area contributed by atoms with E-state index in [4.69, 9.17) is 9.47 Å². The maximum atomic E-state index is 13.5. The third-order valence-electron chi connectivity index (χ3n) is 4.98. The van der Waals surface area contributed by atoms with E-state index in [1.807, 2.05) is 50.2 Å². The van der Waals surface area contributed by atoms with E-state index in [-0.39, 0.29) is 30.5 Å². The molecule has 2 atom stereocenters. The van der Waals surface area contributed by atoms with E-state index in [2.05, 4.69) is 4.98 Å². The quantitative estimate of drug-likeness (QED) is 0.670. The van der Waals surface area contributed by atoms with Crippen molar-refractivity contribution in [2.45, 2.75) is 26.1 Å². The number of benzene rings is 2. The molecule has 0 N–H and O–H groups in total. The van der Waals surface area contributed by atoms with Crippen LogP contribution in [0.25, 0.3) is 21.9 Å². The van der Waals surface area contributed by atoms with Crippen molar-refractivity contribution in [3.63, 3.8) is 0 Å². The molecule has 2 heterocycles. The lowest BCUT2D eigenvalue weighted by molar-refractivity contribution is -0.145. The number of fused-ring (bicyclic) bond motifs is 1. The van der Waals surface area contributed by atoms with Crippen molar-refractivity contribution in [3.8, 4) is 16.9 Å². The molecule has 0 aliphatic carbocycles. The van der Waals surface area contributed by atoms with Gasteiger partial charge in [0.2, 0.25) is 0 Å². The molecule has 150 valence electrons. The summed E-state index contributed by atoms with van der Waals surface area (Å²) in [6, 6.07) is 13.0. The lowest BCUT2D eigenvalue weighted by Gasteiger charge is -2.35. The van der Waals surface area contributed by atoms with E-state index in [1.54, 1.807) is 11.1 Å². The van der Waals surface area contributed by atoms with Crippen LogP contribution < -0.4 is 4.74 Å². The summed E-state index contributed by atoms with van der Waals surface area (Å²) >= 11 is 0. The van der Waals surface area contributed by atoms with Gasteiger partial charge >= 0.3 is 0 Å². The summed E-state index contributed by atoms with van der Waals surface area (Å²) in [6.07, 6.45) is 2.87. The van der Waals surface area contributed by atoms with Crippen molar-refractivity contribution < 1.29 is 18.7 Å². The lowest BCUT2D eigenvalue weighted by Crippen LogP contribution is -2.49. The van der Waals surface area contributed by atoms with Crippen molar-refractivity contribution in [1.82, 2.24) is 9.88 Å². The Labute approximate surface area is 169 Å². The molecule has 1 fully saturated rings. The van der Waals surface area contributed by atoms with Gasteiger partial charge in [-0.1, -0.05) is 18.2 Å². The van der Waals surface area contributed by atoms with Gasteiger partial charge in [0.15, 0.2) is 6.61 Å².